The van der Waals surface area contributed by atoms with Crippen molar-refractivity contribution in [2.24, 2.45) is 11.8 Å². The molecule has 0 amide bonds. The molecule has 0 heterocycles. The molecule has 1 fully saturated rings. The van der Waals surface area contributed by atoms with Crippen molar-refractivity contribution in [1.82, 2.24) is 0 Å². The third-order valence-corrected chi connectivity index (χ3v) is 3.95. The molecule has 0 spiro atoms. The Morgan fingerprint density at radius 2 is 1.78 bits per heavy atom. The number of esters is 1. The monoisotopic (exact) mass is 323 g/mol. The lowest BCUT2D eigenvalue weighted by Gasteiger charge is -2.25. The minimum Gasteiger partial charge on any atom is -0.426 e. The van der Waals surface area contributed by atoms with Crippen LogP contribution in [0, 0.1) is 23.2 Å². The third kappa shape index (κ3) is 4.85. The van der Waals surface area contributed by atoms with Crippen molar-refractivity contribution in [1.29, 1.82) is 5.26 Å². The molecule has 0 aromatic heterocycles. The summed E-state index contributed by atoms with van der Waals surface area (Å²) in [5, 5.41) is 8.49. The molecule has 1 aromatic rings. The SMILES string of the molecule is N#CC=CC1CCC(C(=O)Oc2ccc(C(F)(F)F)cc2)CC1. The molecule has 6 heteroatoms. The molecule has 0 saturated heterocycles. The molecule has 0 unspecified atom stereocenters. The van der Waals surface area contributed by atoms with E-state index in [1.165, 1.54) is 6.08 Å². The summed E-state index contributed by atoms with van der Waals surface area (Å²) in [6.07, 6.45) is 1.79. The standard InChI is InChI=1S/C17H16F3NO2/c18-17(19,20)14-7-9-15(10-8-14)23-16(22)13-5-3-12(4-6-13)2-1-11-21/h1-2,7-10,12-13H,3-6H2. The zero-order valence-corrected chi connectivity index (χ0v) is 12.3. The Labute approximate surface area is 132 Å². The molecule has 2 rings (SSSR count). The van der Waals surface area contributed by atoms with E-state index in [0.29, 0.717) is 18.8 Å². The second kappa shape index (κ2) is 7.32. The highest BCUT2D eigenvalue weighted by atomic mass is 19.4. The first-order valence-corrected chi connectivity index (χ1v) is 7.35. The van der Waals surface area contributed by atoms with E-state index in [1.54, 1.807) is 0 Å². The van der Waals surface area contributed by atoms with Crippen molar-refractivity contribution >= 4 is 5.97 Å². The van der Waals surface area contributed by atoms with E-state index in [9.17, 15) is 18.0 Å². The zero-order valence-electron chi connectivity index (χ0n) is 12.3. The van der Waals surface area contributed by atoms with Gasteiger partial charge >= 0.3 is 12.1 Å². The lowest BCUT2D eigenvalue weighted by Crippen LogP contribution is -2.25. The smallest absolute Gasteiger partial charge is 0.416 e. The van der Waals surface area contributed by atoms with Crippen LogP contribution in [0.15, 0.2) is 36.4 Å². The van der Waals surface area contributed by atoms with Crippen molar-refractivity contribution < 1.29 is 22.7 Å². The van der Waals surface area contributed by atoms with Gasteiger partial charge in [0.25, 0.3) is 0 Å². The summed E-state index contributed by atoms with van der Waals surface area (Å²) in [5.74, 6) is -0.240. The van der Waals surface area contributed by atoms with Crippen LogP contribution in [0.3, 0.4) is 0 Å². The molecule has 0 atom stereocenters. The van der Waals surface area contributed by atoms with E-state index in [1.807, 2.05) is 12.1 Å². The molecule has 0 aliphatic heterocycles. The van der Waals surface area contributed by atoms with Gasteiger partial charge in [0.1, 0.15) is 5.75 Å². The summed E-state index contributed by atoms with van der Waals surface area (Å²) in [4.78, 5) is 12.1. The second-order valence-corrected chi connectivity index (χ2v) is 5.54. The van der Waals surface area contributed by atoms with Crippen LogP contribution in [0.1, 0.15) is 31.2 Å². The fourth-order valence-corrected chi connectivity index (χ4v) is 2.64. The molecule has 0 N–H and O–H groups in total. The Hall–Kier alpha value is -2.29. The highest BCUT2D eigenvalue weighted by molar-refractivity contribution is 5.75. The molecule has 3 nitrogen and oxygen atoms in total. The summed E-state index contributed by atoms with van der Waals surface area (Å²) in [7, 11) is 0. The van der Waals surface area contributed by atoms with Gasteiger partial charge in [0, 0.05) is 6.08 Å². The summed E-state index contributed by atoms with van der Waals surface area (Å²) in [6, 6.07) is 6.04. The van der Waals surface area contributed by atoms with E-state index in [4.69, 9.17) is 10.00 Å². The van der Waals surface area contributed by atoms with Crippen molar-refractivity contribution in [3.05, 3.63) is 42.0 Å². The fraction of sp³-hybridized carbons (Fsp3) is 0.412. The molecule has 1 aliphatic carbocycles. The normalized spacial score (nSPS) is 21.8. The molecule has 1 aromatic carbocycles. The first kappa shape index (κ1) is 17.1. The molecular weight excluding hydrogens is 307 g/mol. The number of hydrogen-bond acceptors (Lipinski definition) is 3. The van der Waals surface area contributed by atoms with E-state index in [-0.39, 0.29) is 11.7 Å². The van der Waals surface area contributed by atoms with Crippen LogP contribution < -0.4 is 4.74 Å². The zero-order chi connectivity index (χ0) is 16.9. The summed E-state index contributed by atoms with van der Waals surface area (Å²) in [6.45, 7) is 0. The van der Waals surface area contributed by atoms with Crippen molar-refractivity contribution in [2.75, 3.05) is 0 Å². The third-order valence-electron chi connectivity index (χ3n) is 3.95. The predicted octanol–water partition coefficient (Wildman–Crippen LogP) is 4.50. The van der Waals surface area contributed by atoms with Gasteiger partial charge in [-0.3, -0.25) is 4.79 Å². The number of halogens is 3. The topological polar surface area (TPSA) is 50.1 Å². The molecule has 0 bridgehead atoms. The van der Waals surface area contributed by atoms with Crippen LogP contribution in [0.5, 0.6) is 5.75 Å². The van der Waals surface area contributed by atoms with E-state index >= 15 is 0 Å². The van der Waals surface area contributed by atoms with Crippen LogP contribution in [0.2, 0.25) is 0 Å². The van der Waals surface area contributed by atoms with Crippen molar-refractivity contribution in [2.45, 2.75) is 31.9 Å². The Morgan fingerprint density at radius 3 is 2.30 bits per heavy atom. The Balaban J connectivity index is 1.88. The van der Waals surface area contributed by atoms with E-state index in [2.05, 4.69) is 0 Å². The molecule has 0 radical (unpaired) electrons. The van der Waals surface area contributed by atoms with Gasteiger partial charge in [-0.15, -0.1) is 0 Å². The highest BCUT2D eigenvalue weighted by Gasteiger charge is 2.30. The maximum Gasteiger partial charge on any atom is 0.416 e. The number of hydrogen-bond donors (Lipinski definition) is 0. The van der Waals surface area contributed by atoms with Gasteiger partial charge in [-0.05, 0) is 55.9 Å². The number of carbonyl (C=O) groups is 1. The average Bonchev–Trinajstić information content (AvgIpc) is 2.53. The number of ether oxygens (including phenoxy) is 1. The van der Waals surface area contributed by atoms with Gasteiger partial charge in [0.15, 0.2) is 0 Å². The van der Waals surface area contributed by atoms with Crippen molar-refractivity contribution in [3.8, 4) is 11.8 Å². The number of rotatable bonds is 3. The summed E-state index contributed by atoms with van der Waals surface area (Å²) in [5.41, 5.74) is -0.776. The number of benzene rings is 1. The highest BCUT2D eigenvalue weighted by Crippen LogP contribution is 2.32. The van der Waals surface area contributed by atoms with Crippen LogP contribution in [-0.2, 0) is 11.0 Å². The number of carbonyl (C=O) groups excluding carboxylic acids is 1. The lowest BCUT2D eigenvalue weighted by molar-refractivity contribution is -0.140. The fourth-order valence-electron chi connectivity index (χ4n) is 2.64. The molecule has 1 aliphatic rings. The largest absolute Gasteiger partial charge is 0.426 e. The number of nitriles is 1. The van der Waals surface area contributed by atoms with Crippen LogP contribution in [0.25, 0.3) is 0 Å². The quantitative estimate of drug-likeness (QED) is 0.467. The number of alkyl halides is 3. The first-order chi connectivity index (χ1) is 10.9. The summed E-state index contributed by atoms with van der Waals surface area (Å²) < 4.78 is 42.6. The van der Waals surface area contributed by atoms with Gasteiger partial charge in [0.2, 0.25) is 0 Å². The number of allylic oxidation sites excluding steroid dienone is 2. The maximum absolute atomic E-state index is 12.5. The predicted molar refractivity (Wildman–Crippen MR) is 77.3 cm³/mol. The van der Waals surface area contributed by atoms with Gasteiger partial charge in [-0.25, -0.2) is 0 Å². The van der Waals surface area contributed by atoms with Gasteiger partial charge in [-0.2, -0.15) is 18.4 Å². The minimum absolute atomic E-state index is 0.120. The van der Waals surface area contributed by atoms with Gasteiger partial charge < -0.3 is 4.74 Å². The lowest BCUT2D eigenvalue weighted by atomic mass is 9.82. The van der Waals surface area contributed by atoms with Crippen LogP contribution in [-0.4, -0.2) is 5.97 Å². The van der Waals surface area contributed by atoms with Crippen LogP contribution >= 0.6 is 0 Å². The maximum atomic E-state index is 12.5. The van der Waals surface area contributed by atoms with Crippen LogP contribution in [0.4, 0.5) is 13.2 Å². The first-order valence-electron chi connectivity index (χ1n) is 7.35. The van der Waals surface area contributed by atoms with Gasteiger partial charge in [-0.1, -0.05) is 6.08 Å². The molecule has 23 heavy (non-hydrogen) atoms. The van der Waals surface area contributed by atoms with E-state index < -0.39 is 17.7 Å². The molecule has 122 valence electrons. The van der Waals surface area contributed by atoms with E-state index in [0.717, 1.165) is 37.1 Å². The number of nitrogens with zero attached hydrogens (tertiary/aromatic N) is 1. The minimum atomic E-state index is -4.40. The molecule has 1 saturated carbocycles. The summed E-state index contributed by atoms with van der Waals surface area (Å²) >= 11 is 0. The molecular formula is C17H16F3NO2. The second-order valence-electron chi connectivity index (χ2n) is 5.54. The Bertz CT molecular complexity index is 606. The average molecular weight is 323 g/mol. The van der Waals surface area contributed by atoms with Gasteiger partial charge in [0.05, 0.1) is 17.6 Å². The Kier molecular flexibility index (Phi) is 5.43. The van der Waals surface area contributed by atoms with Crippen molar-refractivity contribution in [3.63, 3.8) is 0 Å². The Morgan fingerprint density at radius 1 is 1.17 bits per heavy atom.